The van der Waals surface area contributed by atoms with Crippen molar-refractivity contribution in [1.82, 2.24) is 4.72 Å². The number of ether oxygens (including phenoxy) is 2. The molecule has 0 spiro atoms. The maximum atomic E-state index is 12.7. The second-order valence-corrected chi connectivity index (χ2v) is 8.84. The molecule has 156 valence electrons. The highest BCUT2D eigenvalue weighted by molar-refractivity contribution is 7.89. The van der Waals surface area contributed by atoms with E-state index >= 15 is 0 Å². The summed E-state index contributed by atoms with van der Waals surface area (Å²) in [5.41, 5.74) is 0.620. The number of halogens is 1. The van der Waals surface area contributed by atoms with Crippen LogP contribution in [0.3, 0.4) is 0 Å². The first kappa shape index (κ1) is 21.4. The van der Waals surface area contributed by atoms with Crippen LogP contribution in [0.15, 0.2) is 41.3 Å². The van der Waals surface area contributed by atoms with Crippen molar-refractivity contribution in [3.05, 3.63) is 47.0 Å². The summed E-state index contributed by atoms with van der Waals surface area (Å²) < 4.78 is 38.2. The predicted octanol–water partition coefficient (Wildman–Crippen LogP) is 3.83. The van der Waals surface area contributed by atoms with Crippen molar-refractivity contribution >= 4 is 33.2 Å². The van der Waals surface area contributed by atoms with Gasteiger partial charge in [0.2, 0.25) is 10.0 Å². The number of methoxy groups -OCH3 is 1. The summed E-state index contributed by atoms with van der Waals surface area (Å²) >= 11 is 6.26. The Hall–Kier alpha value is -2.29. The molecule has 0 atom stereocenters. The standard InChI is InChI=1S/C20H23ClN2O5S/c1-3-9-28-19-17(21)10-13(11-18(19)27-2)20(24)22-15-5-4-6-16(12-15)29(25,26)23-14-7-8-14/h4-6,10-12,14,23H,3,7-9H2,1-2H3,(H,22,24). The SMILES string of the molecule is CCCOc1c(Cl)cc(C(=O)Nc2cccc(S(=O)(=O)NC3CC3)c2)cc1OC. The van der Waals surface area contributed by atoms with Gasteiger partial charge in [-0.25, -0.2) is 13.1 Å². The molecule has 3 rings (SSSR count). The molecule has 0 aliphatic heterocycles. The molecule has 1 amide bonds. The van der Waals surface area contributed by atoms with Crippen molar-refractivity contribution in [2.75, 3.05) is 19.0 Å². The van der Waals surface area contributed by atoms with Gasteiger partial charge in [-0.3, -0.25) is 4.79 Å². The summed E-state index contributed by atoms with van der Waals surface area (Å²) in [6.07, 6.45) is 2.49. The molecule has 7 nitrogen and oxygen atoms in total. The van der Waals surface area contributed by atoms with Crippen molar-refractivity contribution in [2.45, 2.75) is 37.1 Å². The molecule has 0 saturated heterocycles. The number of sulfonamides is 1. The van der Waals surface area contributed by atoms with Gasteiger partial charge in [0.1, 0.15) is 0 Å². The van der Waals surface area contributed by atoms with Gasteiger partial charge in [0, 0.05) is 17.3 Å². The smallest absolute Gasteiger partial charge is 0.255 e. The average Bonchev–Trinajstić information content (AvgIpc) is 3.50. The van der Waals surface area contributed by atoms with E-state index in [9.17, 15) is 13.2 Å². The number of amides is 1. The van der Waals surface area contributed by atoms with Gasteiger partial charge < -0.3 is 14.8 Å². The van der Waals surface area contributed by atoms with E-state index in [0.29, 0.717) is 23.8 Å². The van der Waals surface area contributed by atoms with E-state index in [1.54, 1.807) is 12.1 Å². The van der Waals surface area contributed by atoms with Crippen molar-refractivity contribution < 1.29 is 22.7 Å². The van der Waals surface area contributed by atoms with E-state index in [1.165, 1.54) is 31.4 Å². The lowest BCUT2D eigenvalue weighted by Crippen LogP contribution is -2.25. The Bertz CT molecular complexity index is 1010. The first-order valence-corrected chi connectivity index (χ1v) is 11.1. The lowest BCUT2D eigenvalue weighted by Gasteiger charge is -2.14. The molecule has 2 aromatic rings. The predicted molar refractivity (Wildman–Crippen MR) is 112 cm³/mol. The van der Waals surface area contributed by atoms with Crippen LogP contribution in [0.4, 0.5) is 5.69 Å². The fourth-order valence-electron chi connectivity index (χ4n) is 2.63. The maximum Gasteiger partial charge on any atom is 0.255 e. The van der Waals surface area contributed by atoms with Crippen molar-refractivity contribution in [3.8, 4) is 11.5 Å². The number of anilines is 1. The van der Waals surface area contributed by atoms with Gasteiger partial charge in [-0.05, 0) is 49.6 Å². The highest BCUT2D eigenvalue weighted by atomic mass is 35.5. The molecule has 9 heteroatoms. The zero-order valence-electron chi connectivity index (χ0n) is 16.2. The average molecular weight is 439 g/mol. The molecule has 1 saturated carbocycles. The van der Waals surface area contributed by atoms with Crippen molar-refractivity contribution in [2.24, 2.45) is 0 Å². The molecule has 0 radical (unpaired) electrons. The number of carbonyl (C=O) groups is 1. The number of hydrogen-bond donors (Lipinski definition) is 2. The lowest BCUT2D eigenvalue weighted by molar-refractivity contribution is 0.102. The molecule has 2 aromatic carbocycles. The lowest BCUT2D eigenvalue weighted by atomic mass is 10.1. The summed E-state index contributed by atoms with van der Waals surface area (Å²) in [7, 11) is -2.15. The van der Waals surface area contributed by atoms with Crippen LogP contribution in [0, 0.1) is 0 Å². The van der Waals surface area contributed by atoms with Crippen LogP contribution in [0.25, 0.3) is 0 Å². The number of benzene rings is 2. The van der Waals surface area contributed by atoms with Gasteiger partial charge in [0.25, 0.3) is 5.91 Å². The Morgan fingerprint density at radius 2 is 2.00 bits per heavy atom. The number of hydrogen-bond acceptors (Lipinski definition) is 5. The molecular formula is C20H23ClN2O5S. The van der Waals surface area contributed by atoms with E-state index in [1.807, 2.05) is 6.92 Å². The fraction of sp³-hybridized carbons (Fsp3) is 0.350. The summed E-state index contributed by atoms with van der Waals surface area (Å²) in [6, 6.07) is 9.11. The molecule has 0 bridgehead atoms. The Morgan fingerprint density at radius 1 is 1.24 bits per heavy atom. The first-order valence-electron chi connectivity index (χ1n) is 9.28. The fourth-order valence-corrected chi connectivity index (χ4v) is 4.24. The minimum Gasteiger partial charge on any atom is -0.493 e. The largest absolute Gasteiger partial charge is 0.493 e. The topological polar surface area (TPSA) is 93.7 Å². The van der Waals surface area contributed by atoms with Crippen LogP contribution in [0.2, 0.25) is 5.02 Å². The number of rotatable bonds is 9. The zero-order chi connectivity index (χ0) is 21.0. The van der Waals surface area contributed by atoms with Gasteiger partial charge >= 0.3 is 0 Å². The molecule has 0 unspecified atom stereocenters. The van der Waals surface area contributed by atoms with Crippen LogP contribution in [0.5, 0.6) is 11.5 Å². The third-order valence-corrected chi connectivity index (χ3v) is 6.04. The zero-order valence-corrected chi connectivity index (χ0v) is 17.8. The van der Waals surface area contributed by atoms with E-state index in [0.717, 1.165) is 19.3 Å². The highest BCUT2D eigenvalue weighted by Crippen LogP contribution is 2.36. The Balaban J connectivity index is 1.79. The quantitative estimate of drug-likeness (QED) is 0.620. The van der Waals surface area contributed by atoms with Crippen LogP contribution in [0.1, 0.15) is 36.5 Å². The Labute approximate surface area is 175 Å². The minimum absolute atomic E-state index is 0.00120. The summed E-state index contributed by atoms with van der Waals surface area (Å²) in [5, 5.41) is 2.95. The molecule has 1 aliphatic rings. The second kappa shape index (κ2) is 9.02. The van der Waals surface area contributed by atoms with Crippen LogP contribution < -0.4 is 19.5 Å². The van der Waals surface area contributed by atoms with Crippen molar-refractivity contribution in [3.63, 3.8) is 0 Å². The van der Waals surface area contributed by atoms with Gasteiger partial charge in [-0.2, -0.15) is 0 Å². The Morgan fingerprint density at radius 3 is 2.66 bits per heavy atom. The third-order valence-electron chi connectivity index (χ3n) is 4.24. The minimum atomic E-state index is -3.61. The van der Waals surface area contributed by atoms with Gasteiger partial charge in [0.15, 0.2) is 11.5 Å². The summed E-state index contributed by atoms with van der Waals surface area (Å²) in [5.74, 6) is 0.282. The molecule has 2 N–H and O–H groups in total. The monoisotopic (exact) mass is 438 g/mol. The molecule has 0 heterocycles. The maximum absolute atomic E-state index is 12.7. The molecular weight excluding hydrogens is 416 g/mol. The number of nitrogens with one attached hydrogen (secondary N) is 2. The summed E-state index contributed by atoms with van der Waals surface area (Å²) in [6.45, 7) is 2.44. The second-order valence-electron chi connectivity index (χ2n) is 6.72. The van der Waals surface area contributed by atoms with E-state index in [2.05, 4.69) is 10.0 Å². The van der Waals surface area contributed by atoms with Crippen LogP contribution in [-0.2, 0) is 10.0 Å². The first-order chi connectivity index (χ1) is 13.8. The third kappa shape index (κ3) is 5.41. The normalized spacial score (nSPS) is 13.8. The van der Waals surface area contributed by atoms with E-state index in [4.69, 9.17) is 21.1 Å². The van der Waals surface area contributed by atoms with Gasteiger partial charge in [0.05, 0.1) is 23.6 Å². The summed E-state index contributed by atoms with van der Waals surface area (Å²) in [4.78, 5) is 12.8. The molecule has 1 aliphatic carbocycles. The van der Waals surface area contributed by atoms with Crippen LogP contribution in [-0.4, -0.2) is 34.1 Å². The Kier molecular flexibility index (Phi) is 6.66. The molecule has 0 aromatic heterocycles. The van der Waals surface area contributed by atoms with Crippen LogP contribution >= 0.6 is 11.6 Å². The van der Waals surface area contributed by atoms with Crippen molar-refractivity contribution in [1.29, 1.82) is 0 Å². The number of carbonyl (C=O) groups excluding carboxylic acids is 1. The molecule has 29 heavy (non-hydrogen) atoms. The van der Waals surface area contributed by atoms with Gasteiger partial charge in [-0.15, -0.1) is 0 Å². The van der Waals surface area contributed by atoms with Gasteiger partial charge in [-0.1, -0.05) is 24.6 Å². The highest BCUT2D eigenvalue weighted by Gasteiger charge is 2.28. The van der Waals surface area contributed by atoms with E-state index in [-0.39, 0.29) is 21.5 Å². The molecule has 1 fully saturated rings. The van der Waals surface area contributed by atoms with E-state index < -0.39 is 15.9 Å².